The van der Waals surface area contributed by atoms with E-state index in [1.165, 1.54) is 0 Å². The molecule has 22 heavy (non-hydrogen) atoms. The molecule has 110 valence electrons. The van der Waals surface area contributed by atoms with Crippen LogP contribution in [0.25, 0.3) is 11.1 Å². The number of Topliss-reactive ketones (excluding diaryl/α,β-unsaturated/α-hetero) is 2. The lowest BCUT2D eigenvalue weighted by Gasteiger charge is -2.01. The second-order valence-electron chi connectivity index (χ2n) is 3.62. The van der Waals surface area contributed by atoms with Crippen LogP contribution in [0.3, 0.4) is 0 Å². The molecule has 0 aliphatic rings. The highest BCUT2D eigenvalue weighted by Crippen LogP contribution is 2.29. The van der Waals surface area contributed by atoms with E-state index in [-0.39, 0.29) is 0 Å². The van der Waals surface area contributed by atoms with Crippen LogP contribution in [0.1, 0.15) is 20.7 Å². The van der Waals surface area contributed by atoms with Gasteiger partial charge in [0.05, 0.1) is 15.9 Å². The molecule has 0 atom stereocenters. The molecule has 0 saturated heterocycles. The molecule has 0 spiro atoms. The van der Waals surface area contributed by atoms with Crippen molar-refractivity contribution in [3.63, 3.8) is 0 Å². The number of hydrogen-bond donors (Lipinski definition) is 0. The number of nitro benzene ring substituents is 2. The molecule has 0 saturated carbocycles. The smallest absolute Gasteiger partial charge is 0.328 e. The quantitative estimate of drug-likeness (QED) is 0.183. The highest BCUT2D eigenvalue weighted by molar-refractivity contribution is 6.37. The van der Waals surface area contributed by atoms with Crippen LogP contribution in [0.15, 0.2) is 12.1 Å². The van der Waals surface area contributed by atoms with Gasteiger partial charge in [-0.15, -0.1) is 0 Å². The van der Waals surface area contributed by atoms with Crippen LogP contribution in [0, 0.1) is 20.2 Å². The molecule has 1 aromatic rings. The van der Waals surface area contributed by atoms with Crippen LogP contribution < -0.4 is 0 Å². The zero-order valence-corrected chi connectivity index (χ0v) is 10.4. The summed E-state index contributed by atoms with van der Waals surface area (Å²) in [5, 5.41) is 21.8. The molecule has 0 fully saturated rings. The second-order valence-corrected chi connectivity index (χ2v) is 3.62. The van der Waals surface area contributed by atoms with Crippen molar-refractivity contribution in [2.75, 3.05) is 0 Å². The van der Waals surface area contributed by atoms with Crippen LogP contribution in [-0.4, -0.2) is 43.4 Å². The fraction of sp³-hybridized carbons (Fsp3) is 0. The van der Waals surface area contributed by atoms with Crippen molar-refractivity contribution in [2.45, 2.75) is 0 Å². The number of ketones is 2. The lowest BCUT2D eigenvalue weighted by Crippen LogP contribution is -2.12. The van der Waals surface area contributed by atoms with Gasteiger partial charge in [-0.1, -0.05) is 0 Å². The lowest BCUT2D eigenvalue weighted by molar-refractivity contribution is -0.394. The van der Waals surface area contributed by atoms with Gasteiger partial charge in [0, 0.05) is 0 Å². The first-order valence-corrected chi connectivity index (χ1v) is 5.23. The minimum Gasteiger partial charge on any atom is -0.361 e. The highest BCUT2D eigenvalue weighted by atomic mass is 16.6. The largest absolute Gasteiger partial charge is 0.361 e. The first-order chi connectivity index (χ1) is 10.3. The summed E-state index contributed by atoms with van der Waals surface area (Å²) in [6.45, 7) is 0. The van der Waals surface area contributed by atoms with E-state index in [0.717, 1.165) is 0 Å². The Bertz CT molecular complexity index is 739. The van der Waals surface area contributed by atoms with E-state index in [4.69, 9.17) is 11.1 Å². The van der Waals surface area contributed by atoms with Crippen LogP contribution >= 0.6 is 0 Å². The van der Waals surface area contributed by atoms with Crippen LogP contribution in [-0.2, 0) is 0 Å². The van der Waals surface area contributed by atoms with E-state index in [0.29, 0.717) is 24.6 Å². The number of hydrogen-bond acceptors (Lipinski definition) is 6. The first-order valence-electron chi connectivity index (χ1n) is 5.23. The van der Waals surface area contributed by atoms with E-state index in [1.54, 1.807) is 0 Å². The molecule has 12 heteroatoms. The average Bonchev–Trinajstić information content (AvgIpc) is 2.46. The highest BCUT2D eigenvalue weighted by Gasteiger charge is 2.31. The van der Waals surface area contributed by atoms with Gasteiger partial charge in [-0.3, -0.25) is 29.8 Å². The summed E-state index contributed by atoms with van der Waals surface area (Å²) in [6.07, 6.45) is 0.644. The molecular weight excluding hydrogens is 300 g/mol. The van der Waals surface area contributed by atoms with E-state index >= 15 is 0 Å². The number of carbonyl (C=O) groups excluding carboxylic acids is 2. The van der Waals surface area contributed by atoms with E-state index in [9.17, 15) is 29.8 Å². The Morgan fingerprint density at radius 3 is 1.55 bits per heavy atom. The van der Waals surface area contributed by atoms with Gasteiger partial charge < -0.3 is 11.1 Å². The Morgan fingerprint density at radius 2 is 1.27 bits per heavy atom. The number of carbonyl (C=O) groups is 2. The van der Waals surface area contributed by atoms with E-state index in [1.807, 2.05) is 0 Å². The average molecular weight is 304 g/mol. The Balaban J connectivity index is 3.80. The normalized spacial score (nSPS) is 9.09. The molecule has 1 rings (SSSR count). The molecule has 0 bridgehead atoms. The van der Waals surface area contributed by atoms with Crippen molar-refractivity contribution in [2.24, 2.45) is 0 Å². The van der Waals surface area contributed by atoms with Gasteiger partial charge in [0.2, 0.25) is 0 Å². The summed E-state index contributed by atoms with van der Waals surface area (Å²) in [5.74, 6) is -2.31. The van der Waals surface area contributed by atoms with Crippen molar-refractivity contribution in [1.82, 2.24) is 0 Å². The second kappa shape index (κ2) is 6.52. The monoisotopic (exact) mass is 304 g/mol. The standard InChI is InChI=1S/C10H4N6O6/c11-13-3-9(17)5-1-6(10(18)4-14-12)8(16(21)22)2-7(5)15(19)20/h1-4H. The molecule has 0 heterocycles. The van der Waals surface area contributed by atoms with Gasteiger partial charge in [0.15, 0.2) is 0 Å². The molecule has 0 radical (unpaired) electrons. The Labute approximate surface area is 120 Å². The summed E-state index contributed by atoms with van der Waals surface area (Å²) < 4.78 is 0. The summed E-state index contributed by atoms with van der Waals surface area (Å²) >= 11 is 0. The maximum atomic E-state index is 11.6. The van der Waals surface area contributed by atoms with Crippen molar-refractivity contribution in [3.05, 3.63) is 54.6 Å². The summed E-state index contributed by atoms with van der Waals surface area (Å²) in [5.41, 5.74) is 13.3. The number of rotatable bonds is 6. The van der Waals surface area contributed by atoms with E-state index in [2.05, 4.69) is 9.58 Å². The number of benzene rings is 1. The maximum absolute atomic E-state index is 11.6. The molecule has 1 aromatic carbocycles. The summed E-state index contributed by atoms with van der Waals surface area (Å²) in [4.78, 5) is 47.6. The van der Waals surface area contributed by atoms with Gasteiger partial charge in [0.25, 0.3) is 22.9 Å². The fourth-order valence-electron chi connectivity index (χ4n) is 1.52. The summed E-state index contributed by atoms with van der Waals surface area (Å²) in [6, 6.07) is 1.00. The van der Waals surface area contributed by atoms with Crippen molar-refractivity contribution >= 4 is 35.4 Å². The van der Waals surface area contributed by atoms with Crippen molar-refractivity contribution in [3.8, 4) is 0 Å². The first kappa shape index (κ1) is 16.2. The zero-order valence-electron chi connectivity index (χ0n) is 10.4. The molecule has 0 aromatic heterocycles. The minimum absolute atomic E-state index is 0.322. The van der Waals surface area contributed by atoms with E-state index < -0.39 is 43.9 Å². The van der Waals surface area contributed by atoms with Crippen molar-refractivity contribution in [1.29, 1.82) is 0 Å². The van der Waals surface area contributed by atoms with Crippen molar-refractivity contribution < 1.29 is 29.0 Å². The topological polar surface area (TPSA) is 193 Å². The predicted molar refractivity (Wildman–Crippen MR) is 67.8 cm³/mol. The third-order valence-electron chi connectivity index (χ3n) is 2.39. The summed E-state index contributed by atoms with van der Waals surface area (Å²) in [7, 11) is 0. The Hall–Kier alpha value is -3.88. The predicted octanol–water partition coefficient (Wildman–Crippen LogP) is 0.470. The van der Waals surface area contributed by atoms with Crippen LogP contribution in [0.5, 0.6) is 0 Å². The van der Waals surface area contributed by atoms with Gasteiger partial charge in [0.1, 0.15) is 11.1 Å². The third kappa shape index (κ3) is 3.17. The Kier molecular flexibility index (Phi) is 4.79. The third-order valence-corrected chi connectivity index (χ3v) is 2.39. The van der Waals surface area contributed by atoms with Crippen LogP contribution in [0.2, 0.25) is 0 Å². The van der Waals surface area contributed by atoms with Gasteiger partial charge in [-0.25, -0.2) is 0 Å². The van der Waals surface area contributed by atoms with Crippen LogP contribution in [0.4, 0.5) is 11.4 Å². The minimum atomic E-state index is -1.15. The molecule has 0 N–H and O–H groups in total. The maximum Gasteiger partial charge on any atom is 0.328 e. The number of nitro groups is 2. The molecule has 0 aliphatic heterocycles. The zero-order chi connectivity index (χ0) is 16.9. The fourth-order valence-corrected chi connectivity index (χ4v) is 1.52. The van der Waals surface area contributed by atoms with Gasteiger partial charge in [-0.05, 0) is 6.07 Å². The SMILES string of the molecule is [N-]=[N+]=CC(=O)c1cc(C(=O)C=[N+]=[N-])c([N+](=O)[O-])cc1[N+](=O)[O-]. The molecule has 0 unspecified atom stereocenters. The Morgan fingerprint density at radius 1 is 0.909 bits per heavy atom. The molecule has 12 nitrogen and oxygen atoms in total. The number of nitrogens with zero attached hydrogens (tertiary/aromatic N) is 6. The van der Waals surface area contributed by atoms with Gasteiger partial charge in [-0.2, -0.15) is 9.58 Å². The van der Waals surface area contributed by atoms with Gasteiger partial charge >= 0.3 is 12.4 Å². The molecule has 0 aliphatic carbocycles. The molecular formula is C10H4N6O6. The lowest BCUT2D eigenvalue weighted by atomic mass is 10.0. The molecule has 0 amide bonds.